The van der Waals surface area contributed by atoms with Gasteiger partial charge in [-0.25, -0.2) is 4.79 Å². The van der Waals surface area contributed by atoms with Gasteiger partial charge in [0.2, 0.25) is 5.72 Å². The largest absolute Gasteiger partial charge is 1.00 e. The van der Waals surface area contributed by atoms with Gasteiger partial charge in [-0.1, -0.05) is 6.92 Å². The molecule has 4 N–H and O–H groups in total. The van der Waals surface area contributed by atoms with Crippen LogP contribution in [-0.4, -0.2) is 92.6 Å². The number of carboxylic acid groups (broad SMARTS) is 4. The van der Waals surface area contributed by atoms with Gasteiger partial charge in [0.05, 0.1) is 19.1 Å². The number of hydrogen-bond acceptors (Lipinski definition) is 8. The van der Waals surface area contributed by atoms with Crippen LogP contribution in [0.25, 0.3) is 0 Å². The molecule has 0 aliphatic heterocycles. The topological polar surface area (TPSA) is 179 Å². The van der Waals surface area contributed by atoms with Crippen molar-refractivity contribution < 1.29 is 74.3 Å². The van der Waals surface area contributed by atoms with E-state index in [-0.39, 0.29) is 49.1 Å². The minimum Gasteiger partial charge on any atom is -0.549 e. The van der Waals surface area contributed by atoms with Gasteiger partial charge in [0.25, 0.3) is 0 Å². The molecule has 24 heavy (non-hydrogen) atoms. The Kier molecular flexibility index (Phi) is 11.8. The summed E-state index contributed by atoms with van der Waals surface area (Å²) >= 11 is 0. The number of rotatable bonds is 12. The van der Waals surface area contributed by atoms with Crippen LogP contribution in [0.5, 0.6) is 0 Å². The third-order valence-electron chi connectivity index (χ3n) is 3.08. The summed E-state index contributed by atoms with van der Waals surface area (Å²) < 4.78 is 0. The number of carbonyl (C=O) groups is 4. The van der Waals surface area contributed by atoms with Crippen LogP contribution >= 0.6 is 0 Å². The average molecular weight is 358 g/mol. The van der Waals surface area contributed by atoms with Crippen LogP contribution < -0.4 is 34.7 Å². The minimum absolute atomic E-state index is 0. The van der Waals surface area contributed by atoms with Gasteiger partial charge in [-0.2, -0.15) is 0 Å². The van der Waals surface area contributed by atoms with Crippen LogP contribution in [0, 0.1) is 0 Å². The smallest absolute Gasteiger partial charge is 0.549 e. The summed E-state index contributed by atoms with van der Waals surface area (Å²) in [5.74, 6) is -5.92. The van der Waals surface area contributed by atoms with Crippen molar-refractivity contribution in [1.29, 1.82) is 0 Å². The second-order valence-electron chi connectivity index (χ2n) is 4.77. The molecule has 0 aromatic carbocycles. The predicted molar refractivity (Wildman–Crippen MR) is 71.2 cm³/mol. The summed E-state index contributed by atoms with van der Waals surface area (Å²) in [6.07, 6.45) is -0.324. The Hall–Kier alpha value is -1.24. The van der Waals surface area contributed by atoms with Crippen molar-refractivity contribution in [3.8, 4) is 0 Å². The van der Waals surface area contributed by atoms with Gasteiger partial charge in [-0.05, 0) is 6.42 Å². The van der Waals surface area contributed by atoms with Gasteiger partial charge in [0, 0.05) is 19.6 Å². The molecule has 0 amide bonds. The van der Waals surface area contributed by atoms with Crippen LogP contribution in [0.15, 0.2) is 0 Å². The van der Waals surface area contributed by atoms with E-state index in [1.54, 1.807) is 0 Å². The number of carboxylic acids is 4. The Bertz CT molecular complexity index is 457. The Morgan fingerprint density at radius 1 is 0.958 bits per heavy atom. The second-order valence-corrected chi connectivity index (χ2v) is 4.77. The molecule has 0 radical (unpaired) electrons. The van der Waals surface area contributed by atoms with Gasteiger partial charge in [-0.3, -0.25) is 19.4 Å². The predicted octanol–water partition coefficient (Wildman–Crippen LogP) is -6.30. The molecule has 0 rings (SSSR count). The molecule has 132 valence electrons. The van der Waals surface area contributed by atoms with E-state index in [9.17, 15) is 29.4 Å². The summed E-state index contributed by atoms with van der Waals surface area (Å²) in [5, 5.41) is 47.3. The number of hydrogen-bond donors (Lipinski definition) is 4. The standard InChI is InChI=1S/C12H20N2O9.Na/c1-2-12(23,11(21)22)14(7-10(19)20)4-3-13(5-8(15)16)6-9(17)18;/h23H,2-7H2,1H3,(H,15,16)(H,17,18)(H,19,20)(H,21,22);/q;+1/p-1. The number of aliphatic carboxylic acids is 4. The minimum atomic E-state index is -2.46. The number of carbonyl (C=O) groups excluding carboxylic acids is 1. The average Bonchev–Trinajstić information content (AvgIpc) is 2.40. The maximum absolute atomic E-state index is 11.2. The van der Waals surface area contributed by atoms with Crippen molar-refractivity contribution in [2.75, 3.05) is 32.7 Å². The van der Waals surface area contributed by atoms with Crippen molar-refractivity contribution in [1.82, 2.24) is 9.80 Å². The van der Waals surface area contributed by atoms with Crippen LogP contribution in [0.1, 0.15) is 13.3 Å². The van der Waals surface area contributed by atoms with Crippen LogP contribution in [0.4, 0.5) is 0 Å². The zero-order valence-corrected chi connectivity index (χ0v) is 15.5. The third-order valence-corrected chi connectivity index (χ3v) is 3.08. The van der Waals surface area contributed by atoms with E-state index >= 15 is 0 Å². The van der Waals surface area contributed by atoms with Crippen LogP contribution in [-0.2, 0) is 19.2 Å². The SMILES string of the molecule is CCC(O)(C(=O)O)N(CCN(CC(=O)[O-])CC(=O)O)CC(=O)O.[Na+]. The van der Waals surface area contributed by atoms with Gasteiger partial charge >= 0.3 is 47.5 Å². The molecule has 0 saturated carbocycles. The zero-order chi connectivity index (χ0) is 18.2. The van der Waals surface area contributed by atoms with Crippen molar-refractivity contribution in [2.24, 2.45) is 0 Å². The molecule has 1 atom stereocenters. The van der Waals surface area contributed by atoms with E-state index in [4.69, 9.17) is 15.3 Å². The van der Waals surface area contributed by atoms with E-state index < -0.39 is 49.2 Å². The fourth-order valence-corrected chi connectivity index (χ4v) is 1.92. The Morgan fingerprint density at radius 2 is 1.46 bits per heavy atom. The number of aliphatic hydroxyl groups is 1. The number of nitrogens with zero attached hydrogens (tertiary/aromatic N) is 2. The third kappa shape index (κ3) is 8.57. The maximum atomic E-state index is 11.2. The summed E-state index contributed by atoms with van der Waals surface area (Å²) in [6, 6.07) is 0. The first-order valence-electron chi connectivity index (χ1n) is 6.59. The Morgan fingerprint density at radius 3 is 1.79 bits per heavy atom. The first-order chi connectivity index (χ1) is 10.5. The van der Waals surface area contributed by atoms with Gasteiger partial charge in [0.1, 0.15) is 0 Å². The zero-order valence-electron chi connectivity index (χ0n) is 13.5. The second kappa shape index (κ2) is 11.3. The fraction of sp³-hybridized carbons (Fsp3) is 0.667. The van der Waals surface area contributed by atoms with Crippen molar-refractivity contribution in [3.05, 3.63) is 0 Å². The molecule has 0 saturated heterocycles. The summed E-state index contributed by atoms with van der Waals surface area (Å²) in [7, 11) is 0. The molecule has 0 spiro atoms. The van der Waals surface area contributed by atoms with Crippen molar-refractivity contribution in [2.45, 2.75) is 19.1 Å². The summed E-state index contributed by atoms with van der Waals surface area (Å²) in [6.45, 7) is -1.54. The van der Waals surface area contributed by atoms with E-state index in [0.29, 0.717) is 0 Å². The van der Waals surface area contributed by atoms with E-state index in [1.165, 1.54) is 6.92 Å². The molecular weight excluding hydrogens is 339 g/mol. The molecular formula is C12H19N2NaO9. The molecule has 0 fully saturated rings. The molecule has 0 heterocycles. The van der Waals surface area contributed by atoms with E-state index in [1.807, 2.05) is 0 Å². The molecule has 0 aliphatic rings. The Balaban J connectivity index is 0. The van der Waals surface area contributed by atoms with Crippen molar-refractivity contribution >= 4 is 23.9 Å². The molecule has 0 bridgehead atoms. The fourth-order valence-electron chi connectivity index (χ4n) is 1.92. The monoisotopic (exact) mass is 358 g/mol. The quantitative estimate of drug-likeness (QED) is 0.192. The molecule has 11 nitrogen and oxygen atoms in total. The summed E-state index contributed by atoms with van der Waals surface area (Å²) in [5.41, 5.74) is -2.46. The van der Waals surface area contributed by atoms with Crippen LogP contribution in [0.3, 0.4) is 0 Å². The molecule has 12 heteroatoms. The van der Waals surface area contributed by atoms with E-state index in [2.05, 4.69) is 0 Å². The van der Waals surface area contributed by atoms with Crippen molar-refractivity contribution in [3.63, 3.8) is 0 Å². The molecule has 1 unspecified atom stereocenters. The molecule has 0 aromatic rings. The first-order valence-corrected chi connectivity index (χ1v) is 6.59. The van der Waals surface area contributed by atoms with Gasteiger partial charge < -0.3 is 30.3 Å². The van der Waals surface area contributed by atoms with Gasteiger partial charge in [0.15, 0.2) is 0 Å². The first kappa shape index (κ1) is 25.0. The van der Waals surface area contributed by atoms with Crippen LogP contribution in [0.2, 0.25) is 0 Å². The van der Waals surface area contributed by atoms with Gasteiger partial charge in [-0.15, -0.1) is 0 Å². The normalized spacial score (nSPS) is 13.2. The summed E-state index contributed by atoms with van der Waals surface area (Å²) in [4.78, 5) is 44.9. The van der Waals surface area contributed by atoms with E-state index in [0.717, 1.165) is 9.80 Å². The molecule has 0 aromatic heterocycles. The Labute approximate surface area is 159 Å². The molecule has 0 aliphatic carbocycles. The maximum Gasteiger partial charge on any atom is 1.00 e.